The summed E-state index contributed by atoms with van der Waals surface area (Å²) in [4.78, 5) is 10.4. The number of carboxylic acid groups (broad SMARTS) is 1. The molecule has 0 aliphatic carbocycles. The van der Waals surface area contributed by atoms with E-state index in [2.05, 4.69) is 4.74 Å². The second kappa shape index (κ2) is 5.03. The fourth-order valence-electron chi connectivity index (χ4n) is 1.07. The molecule has 0 radical (unpaired) electrons. The van der Waals surface area contributed by atoms with E-state index in [9.17, 15) is 13.6 Å². The second-order valence-electron chi connectivity index (χ2n) is 3.36. The molecule has 0 heterocycles. The highest BCUT2D eigenvalue weighted by atomic mass is 19.3. The van der Waals surface area contributed by atoms with Gasteiger partial charge < -0.3 is 9.84 Å². The number of rotatable bonds is 5. The molecule has 0 aliphatic heterocycles. The summed E-state index contributed by atoms with van der Waals surface area (Å²) in [6.07, 6.45) is -1.24. The zero-order valence-corrected chi connectivity index (χ0v) is 8.69. The van der Waals surface area contributed by atoms with E-state index in [1.54, 1.807) is 6.07 Å². The Hall–Kier alpha value is -1.49. The average Bonchev–Trinajstić information content (AvgIpc) is 2.27. The van der Waals surface area contributed by atoms with E-state index in [0.29, 0.717) is 0 Å². The van der Waals surface area contributed by atoms with Crippen molar-refractivity contribution in [3.8, 4) is 0 Å². The molecule has 0 aliphatic rings. The number of hydrogen-bond donors (Lipinski definition) is 1. The SMILES string of the molecule is CC(OCC(F)(F)c1ccccc1)C(=O)O. The predicted octanol–water partition coefficient (Wildman–Crippen LogP) is 2.27. The zero-order valence-electron chi connectivity index (χ0n) is 8.69. The van der Waals surface area contributed by atoms with E-state index in [0.717, 1.165) is 0 Å². The van der Waals surface area contributed by atoms with Crippen LogP contribution in [0, 0.1) is 0 Å². The standard InChI is InChI=1S/C11H12F2O3/c1-8(10(14)15)16-7-11(12,13)9-5-3-2-4-6-9/h2-6,8H,7H2,1H3,(H,14,15). The smallest absolute Gasteiger partial charge is 0.332 e. The molecule has 0 amide bonds. The molecular formula is C11H12F2O3. The van der Waals surface area contributed by atoms with Gasteiger partial charge in [0.1, 0.15) is 6.61 Å². The number of hydrogen-bond acceptors (Lipinski definition) is 2. The van der Waals surface area contributed by atoms with Gasteiger partial charge in [0.05, 0.1) is 0 Å². The van der Waals surface area contributed by atoms with Gasteiger partial charge in [-0.25, -0.2) is 4.79 Å². The molecule has 88 valence electrons. The van der Waals surface area contributed by atoms with Gasteiger partial charge in [-0.1, -0.05) is 30.3 Å². The van der Waals surface area contributed by atoms with Gasteiger partial charge in [-0.15, -0.1) is 0 Å². The highest BCUT2D eigenvalue weighted by Crippen LogP contribution is 2.28. The van der Waals surface area contributed by atoms with Crippen molar-refractivity contribution in [1.29, 1.82) is 0 Å². The molecule has 1 atom stereocenters. The van der Waals surface area contributed by atoms with Crippen LogP contribution in [0.15, 0.2) is 30.3 Å². The van der Waals surface area contributed by atoms with Crippen LogP contribution in [-0.2, 0) is 15.5 Å². The molecule has 1 aromatic carbocycles. The molecule has 0 fully saturated rings. The lowest BCUT2D eigenvalue weighted by Gasteiger charge is -2.18. The zero-order chi connectivity index (χ0) is 12.2. The molecule has 0 aromatic heterocycles. The fraction of sp³-hybridized carbons (Fsp3) is 0.364. The number of halogens is 2. The van der Waals surface area contributed by atoms with Crippen LogP contribution in [0.1, 0.15) is 12.5 Å². The number of benzene rings is 1. The monoisotopic (exact) mass is 230 g/mol. The molecule has 3 nitrogen and oxygen atoms in total. The normalized spacial score (nSPS) is 13.4. The Morgan fingerprint density at radius 1 is 1.44 bits per heavy atom. The summed E-state index contributed by atoms with van der Waals surface area (Å²) in [7, 11) is 0. The Kier molecular flexibility index (Phi) is 3.95. The van der Waals surface area contributed by atoms with Crippen LogP contribution >= 0.6 is 0 Å². The molecule has 0 spiro atoms. The van der Waals surface area contributed by atoms with Crippen molar-refractivity contribution in [2.45, 2.75) is 19.0 Å². The van der Waals surface area contributed by atoms with Gasteiger partial charge in [0, 0.05) is 5.56 Å². The van der Waals surface area contributed by atoms with Crippen LogP contribution in [0.3, 0.4) is 0 Å². The van der Waals surface area contributed by atoms with Gasteiger partial charge in [0.2, 0.25) is 0 Å². The Morgan fingerprint density at radius 2 is 2.00 bits per heavy atom. The van der Waals surface area contributed by atoms with Crippen molar-refractivity contribution in [2.24, 2.45) is 0 Å². The highest BCUT2D eigenvalue weighted by Gasteiger charge is 2.33. The first-order chi connectivity index (χ1) is 7.43. The number of ether oxygens (including phenoxy) is 1. The van der Waals surface area contributed by atoms with Crippen LogP contribution in [0.5, 0.6) is 0 Å². The number of aliphatic carboxylic acids is 1. The van der Waals surface area contributed by atoms with Crippen LogP contribution < -0.4 is 0 Å². The van der Waals surface area contributed by atoms with Crippen LogP contribution in [0.4, 0.5) is 8.78 Å². The maximum Gasteiger partial charge on any atom is 0.332 e. The van der Waals surface area contributed by atoms with Gasteiger partial charge >= 0.3 is 5.97 Å². The minimum atomic E-state index is -3.18. The fourth-order valence-corrected chi connectivity index (χ4v) is 1.07. The van der Waals surface area contributed by atoms with Crippen molar-refractivity contribution < 1.29 is 23.4 Å². The van der Waals surface area contributed by atoms with Crippen LogP contribution in [0.2, 0.25) is 0 Å². The Labute approximate surface area is 91.7 Å². The van der Waals surface area contributed by atoms with Crippen molar-refractivity contribution in [3.63, 3.8) is 0 Å². The van der Waals surface area contributed by atoms with Gasteiger partial charge in [0.15, 0.2) is 6.10 Å². The molecule has 1 N–H and O–H groups in total. The molecule has 1 rings (SSSR count). The first-order valence-electron chi connectivity index (χ1n) is 4.71. The van der Waals surface area contributed by atoms with E-state index in [4.69, 9.17) is 5.11 Å². The summed E-state index contributed by atoms with van der Waals surface area (Å²) < 4.78 is 31.5. The van der Waals surface area contributed by atoms with E-state index >= 15 is 0 Å². The maximum absolute atomic E-state index is 13.5. The molecule has 0 saturated heterocycles. The summed E-state index contributed by atoms with van der Waals surface area (Å²) >= 11 is 0. The molecule has 1 aromatic rings. The van der Waals surface area contributed by atoms with Crippen molar-refractivity contribution in [2.75, 3.05) is 6.61 Å². The second-order valence-corrected chi connectivity index (χ2v) is 3.36. The lowest BCUT2D eigenvalue weighted by atomic mass is 10.1. The van der Waals surface area contributed by atoms with Crippen molar-refractivity contribution >= 4 is 5.97 Å². The average molecular weight is 230 g/mol. The van der Waals surface area contributed by atoms with Crippen LogP contribution in [0.25, 0.3) is 0 Å². The quantitative estimate of drug-likeness (QED) is 0.844. The first kappa shape index (κ1) is 12.6. The third-order valence-electron chi connectivity index (χ3n) is 2.06. The largest absolute Gasteiger partial charge is 0.479 e. The Balaban J connectivity index is 2.62. The van der Waals surface area contributed by atoms with Crippen molar-refractivity contribution in [3.05, 3.63) is 35.9 Å². The molecule has 16 heavy (non-hydrogen) atoms. The van der Waals surface area contributed by atoms with Gasteiger partial charge in [-0.05, 0) is 6.92 Å². The van der Waals surface area contributed by atoms with Crippen molar-refractivity contribution in [1.82, 2.24) is 0 Å². The molecule has 5 heteroatoms. The third-order valence-corrected chi connectivity index (χ3v) is 2.06. The van der Waals surface area contributed by atoms with E-state index in [-0.39, 0.29) is 5.56 Å². The number of carboxylic acids is 1. The lowest BCUT2D eigenvalue weighted by molar-refractivity contribution is -0.157. The molecular weight excluding hydrogens is 218 g/mol. The Bertz CT molecular complexity index is 352. The summed E-state index contributed by atoms with van der Waals surface area (Å²) in [5, 5.41) is 8.48. The predicted molar refractivity (Wildman–Crippen MR) is 53.4 cm³/mol. The van der Waals surface area contributed by atoms with Gasteiger partial charge in [-0.3, -0.25) is 0 Å². The lowest BCUT2D eigenvalue weighted by Crippen LogP contribution is -2.28. The van der Waals surface area contributed by atoms with Gasteiger partial charge in [-0.2, -0.15) is 8.78 Å². The van der Waals surface area contributed by atoms with Crippen LogP contribution in [-0.4, -0.2) is 23.8 Å². The van der Waals surface area contributed by atoms with E-state index in [1.807, 2.05) is 0 Å². The van der Waals surface area contributed by atoms with Gasteiger partial charge in [0.25, 0.3) is 5.92 Å². The maximum atomic E-state index is 13.5. The minimum Gasteiger partial charge on any atom is -0.479 e. The minimum absolute atomic E-state index is 0.187. The topological polar surface area (TPSA) is 46.5 Å². The summed E-state index contributed by atoms with van der Waals surface area (Å²) in [6, 6.07) is 7.15. The molecule has 0 bridgehead atoms. The first-order valence-corrected chi connectivity index (χ1v) is 4.71. The van der Waals surface area contributed by atoms with E-state index < -0.39 is 24.6 Å². The third kappa shape index (κ3) is 3.27. The molecule has 1 unspecified atom stereocenters. The molecule has 0 saturated carbocycles. The summed E-state index contributed by atoms with van der Waals surface area (Å²) in [5.74, 6) is -4.44. The number of carbonyl (C=O) groups is 1. The Morgan fingerprint density at radius 3 is 2.50 bits per heavy atom. The highest BCUT2D eigenvalue weighted by molar-refractivity contribution is 5.71. The number of alkyl halides is 2. The summed E-state index contributed by atoms with van der Waals surface area (Å²) in [5.41, 5.74) is -0.187. The summed E-state index contributed by atoms with van der Waals surface area (Å²) in [6.45, 7) is 0.272. The van der Waals surface area contributed by atoms with E-state index in [1.165, 1.54) is 31.2 Å².